The number of piperidine rings is 1. The molecule has 1 aliphatic heterocycles. The molecule has 1 aromatic rings. The zero-order valence-electron chi connectivity index (χ0n) is 14.5. The lowest BCUT2D eigenvalue weighted by Crippen LogP contribution is -2.50. The molecule has 3 atom stereocenters. The van der Waals surface area contributed by atoms with Crippen LogP contribution in [-0.4, -0.2) is 42.6 Å². The molecule has 1 amide bonds. The molecule has 2 N–H and O–H groups in total. The van der Waals surface area contributed by atoms with Gasteiger partial charge in [0.1, 0.15) is 0 Å². The number of nitrogens with one attached hydrogen (secondary N) is 1. The first-order valence-electron chi connectivity index (χ1n) is 9.29. The molecule has 3 fully saturated rings. The summed E-state index contributed by atoms with van der Waals surface area (Å²) >= 11 is 0. The normalized spacial score (nSPS) is 32.3. The van der Waals surface area contributed by atoms with Crippen LogP contribution in [-0.2, 0) is 10.4 Å². The average Bonchev–Trinajstić information content (AvgIpc) is 2.98. The monoisotopic (exact) mass is 328 g/mol. The fourth-order valence-electron chi connectivity index (χ4n) is 5.11. The van der Waals surface area contributed by atoms with Gasteiger partial charge in [-0.15, -0.1) is 0 Å². The van der Waals surface area contributed by atoms with Gasteiger partial charge in [0.25, 0.3) is 5.91 Å². The van der Waals surface area contributed by atoms with E-state index in [4.69, 9.17) is 0 Å². The van der Waals surface area contributed by atoms with Gasteiger partial charge in [-0.05, 0) is 37.8 Å². The molecule has 3 aliphatic rings. The van der Waals surface area contributed by atoms with Crippen molar-refractivity contribution in [2.45, 2.75) is 37.7 Å². The van der Waals surface area contributed by atoms with E-state index in [0.29, 0.717) is 6.54 Å². The van der Waals surface area contributed by atoms with Crippen molar-refractivity contribution in [3.63, 3.8) is 0 Å². The largest absolute Gasteiger partial charge is 0.375 e. The maximum Gasteiger partial charge on any atom is 0.256 e. The number of benzene rings is 1. The maximum atomic E-state index is 13.1. The van der Waals surface area contributed by atoms with Crippen LogP contribution in [0.3, 0.4) is 0 Å². The van der Waals surface area contributed by atoms with Crippen LogP contribution in [0.2, 0.25) is 0 Å². The molecule has 4 heteroatoms. The molecule has 2 saturated carbocycles. The molecule has 4 nitrogen and oxygen atoms in total. The Morgan fingerprint density at radius 2 is 2.04 bits per heavy atom. The number of likely N-dealkylation sites (tertiary alicyclic amines) is 1. The van der Waals surface area contributed by atoms with Crippen molar-refractivity contribution in [1.29, 1.82) is 0 Å². The van der Waals surface area contributed by atoms with Crippen LogP contribution in [0.1, 0.15) is 37.7 Å². The first-order chi connectivity index (χ1) is 11.5. The van der Waals surface area contributed by atoms with Crippen molar-refractivity contribution in [2.75, 3.05) is 26.7 Å². The standard InChI is InChI=1S/C20H28N2O2/c1-22-12-17-11-19(17,14-22)13-21-18(23)20(24,16-9-5-6-10-16)15-7-3-2-4-8-15/h2-4,7-8,16-17,24H,5-6,9-14H2,1H3,(H,21,23). The van der Waals surface area contributed by atoms with Crippen LogP contribution in [0.5, 0.6) is 0 Å². The Morgan fingerprint density at radius 1 is 1.33 bits per heavy atom. The molecule has 0 spiro atoms. The van der Waals surface area contributed by atoms with E-state index in [-0.39, 0.29) is 17.2 Å². The van der Waals surface area contributed by atoms with Gasteiger partial charge in [0.15, 0.2) is 5.60 Å². The minimum absolute atomic E-state index is 0.0265. The topological polar surface area (TPSA) is 52.6 Å². The van der Waals surface area contributed by atoms with Gasteiger partial charge in [-0.1, -0.05) is 43.2 Å². The molecule has 130 valence electrons. The lowest BCUT2D eigenvalue weighted by molar-refractivity contribution is -0.147. The summed E-state index contributed by atoms with van der Waals surface area (Å²) < 4.78 is 0. The number of carbonyl (C=O) groups excluding carboxylic acids is 1. The lowest BCUT2D eigenvalue weighted by Gasteiger charge is -2.34. The lowest BCUT2D eigenvalue weighted by atomic mass is 9.79. The second-order valence-electron chi connectivity index (χ2n) is 8.26. The third kappa shape index (κ3) is 2.56. The van der Waals surface area contributed by atoms with Crippen LogP contribution < -0.4 is 5.32 Å². The van der Waals surface area contributed by atoms with Crippen LogP contribution in [0.15, 0.2) is 30.3 Å². The molecule has 1 heterocycles. The fourth-order valence-corrected chi connectivity index (χ4v) is 5.11. The summed E-state index contributed by atoms with van der Waals surface area (Å²) in [6.07, 6.45) is 5.27. The molecule has 0 bridgehead atoms. The second-order valence-corrected chi connectivity index (χ2v) is 8.26. The predicted molar refractivity (Wildman–Crippen MR) is 93.3 cm³/mol. The van der Waals surface area contributed by atoms with E-state index in [9.17, 15) is 9.90 Å². The van der Waals surface area contributed by atoms with E-state index in [1.165, 1.54) is 6.42 Å². The number of fused-ring (bicyclic) bond motifs is 1. The Morgan fingerprint density at radius 3 is 2.67 bits per heavy atom. The highest BCUT2D eigenvalue weighted by molar-refractivity contribution is 5.86. The minimum Gasteiger partial charge on any atom is -0.375 e. The van der Waals surface area contributed by atoms with Crippen LogP contribution in [0.4, 0.5) is 0 Å². The summed E-state index contributed by atoms with van der Waals surface area (Å²) in [6.45, 7) is 2.90. The molecular weight excluding hydrogens is 300 g/mol. The first kappa shape index (κ1) is 16.1. The van der Waals surface area contributed by atoms with E-state index in [0.717, 1.165) is 50.3 Å². The summed E-state index contributed by atoms with van der Waals surface area (Å²) in [4.78, 5) is 15.4. The molecule has 0 radical (unpaired) electrons. The van der Waals surface area contributed by atoms with E-state index in [1.54, 1.807) is 0 Å². The molecule has 3 unspecified atom stereocenters. The van der Waals surface area contributed by atoms with Crippen LogP contribution in [0.25, 0.3) is 0 Å². The van der Waals surface area contributed by atoms with Gasteiger partial charge in [-0.25, -0.2) is 0 Å². The third-order valence-electron chi connectivity index (χ3n) is 6.58. The number of aliphatic hydroxyl groups is 1. The predicted octanol–water partition coefficient (Wildman–Crippen LogP) is 2.13. The van der Waals surface area contributed by atoms with Gasteiger partial charge in [-0.3, -0.25) is 4.79 Å². The van der Waals surface area contributed by atoms with Crippen LogP contribution in [0, 0.1) is 17.3 Å². The molecule has 2 aliphatic carbocycles. The van der Waals surface area contributed by atoms with Gasteiger partial charge in [-0.2, -0.15) is 0 Å². The smallest absolute Gasteiger partial charge is 0.256 e. The van der Waals surface area contributed by atoms with Gasteiger partial charge < -0.3 is 15.3 Å². The Labute approximate surface area is 144 Å². The quantitative estimate of drug-likeness (QED) is 0.871. The molecular formula is C20H28N2O2. The highest BCUT2D eigenvalue weighted by atomic mass is 16.3. The van der Waals surface area contributed by atoms with Gasteiger partial charge in [0.05, 0.1) is 0 Å². The van der Waals surface area contributed by atoms with Crippen molar-refractivity contribution < 1.29 is 9.90 Å². The number of rotatable bonds is 5. The summed E-state index contributed by atoms with van der Waals surface area (Å²) in [5.74, 6) is 0.549. The molecule has 24 heavy (non-hydrogen) atoms. The van der Waals surface area contributed by atoms with E-state index >= 15 is 0 Å². The Bertz CT molecular complexity index is 613. The number of hydrogen-bond acceptors (Lipinski definition) is 3. The van der Waals surface area contributed by atoms with Crippen molar-refractivity contribution >= 4 is 5.91 Å². The Hall–Kier alpha value is -1.39. The van der Waals surface area contributed by atoms with E-state index in [1.807, 2.05) is 30.3 Å². The highest BCUT2D eigenvalue weighted by Crippen LogP contribution is 2.57. The molecule has 1 aromatic carbocycles. The third-order valence-corrected chi connectivity index (χ3v) is 6.58. The molecule has 0 aromatic heterocycles. The fraction of sp³-hybridized carbons (Fsp3) is 0.650. The van der Waals surface area contributed by atoms with Gasteiger partial charge in [0, 0.05) is 31.0 Å². The summed E-state index contributed by atoms with van der Waals surface area (Å²) in [7, 11) is 2.15. The van der Waals surface area contributed by atoms with Crippen molar-refractivity contribution in [3.8, 4) is 0 Å². The molecule has 4 rings (SSSR count). The molecule has 1 saturated heterocycles. The Balaban J connectivity index is 1.52. The van der Waals surface area contributed by atoms with Crippen molar-refractivity contribution in [3.05, 3.63) is 35.9 Å². The van der Waals surface area contributed by atoms with Gasteiger partial charge in [0.2, 0.25) is 0 Å². The summed E-state index contributed by atoms with van der Waals surface area (Å²) in [6, 6.07) is 9.52. The van der Waals surface area contributed by atoms with E-state index < -0.39 is 5.60 Å². The maximum absolute atomic E-state index is 13.1. The highest BCUT2D eigenvalue weighted by Gasteiger charge is 2.59. The zero-order chi connectivity index (χ0) is 16.8. The summed E-state index contributed by atoms with van der Waals surface area (Å²) in [5.41, 5.74) is -0.385. The van der Waals surface area contributed by atoms with Crippen molar-refractivity contribution in [2.24, 2.45) is 17.3 Å². The number of hydrogen-bond donors (Lipinski definition) is 2. The Kier molecular flexibility index (Phi) is 3.92. The number of carbonyl (C=O) groups is 1. The second kappa shape index (κ2) is 5.85. The SMILES string of the molecule is CN1CC2CC2(CNC(=O)C(O)(c2ccccc2)C2CCCC2)C1. The number of nitrogens with zero attached hydrogens (tertiary/aromatic N) is 1. The first-order valence-corrected chi connectivity index (χ1v) is 9.29. The summed E-state index contributed by atoms with van der Waals surface area (Å²) in [5, 5.41) is 14.6. The minimum atomic E-state index is -1.39. The van der Waals surface area contributed by atoms with Crippen LogP contribution >= 0.6 is 0 Å². The average molecular weight is 328 g/mol. The number of amides is 1. The van der Waals surface area contributed by atoms with E-state index in [2.05, 4.69) is 17.3 Å². The van der Waals surface area contributed by atoms with Crippen molar-refractivity contribution in [1.82, 2.24) is 10.2 Å². The zero-order valence-corrected chi connectivity index (χ0v) is 14.5. The van der Waals surface area contributed by atoms with Gasteiger partial charge >= 0.3 is 0 Å².